The Hall–Kier alpha value is -1.84. The molecule has 0 bridgehead atoms. The molecule has 4 nitrogen and oxygen atoms in total. The van der Waals surface area contributed by atoms with Crippen LogP contribution in [0.3, 0.4) is 0 Å². The maximum Gasteiger partial charge on any atom is 0.221 e. The van der Waals surface area contributed by atoms with Gasteiger partial charge in [-0.25, -0.2) is 0 Å². The summed E-state index contributed by atoms with van der Waals surface area (Å²) < 4.78 is 0. The molecular formula is C9H9N3O. The number of benzene rings is 1. The van der Waals surface area contributed by atoms with Gasteiger partial charge in [-0.05, 0) is 18.2 Å². The average molecular weight is 175 g/mol. The van der Waals surface area contributed by atoms with Crippen LogP contribution in [-0.4, -0.2) is 16.1 Å². The number of H-pyrrole nitrogens is 1. The van der Waals surface area contributed by atoms with Gasteiger partial charge in [0.1, 0.15) is 0 Å². The van der Waals surface area contributed by atoms with Crippen LogP contribution < -0.4 is 5.32 Å². The van der Waals surface area contributed by atoms with E-state index in [9.17, 15) is 4.79 Å². The molecule has 66 valence electrons. The molecule has 0 atom stereocenters. The first-order valence-electron chi connectivity index (χ1n) is 3.96. The lowest BCUT2D eigenvalue weighted by molar-refractivity contribution is -0.114. The number of nitrogens with zero attached hydrogens (tertiary/aromatic N) is 1. The van der Waals surface area contributed by atoms with E-state index in [1.807, 2.05) is 18.2 Å². The minimum Gasteiger partial charge on any atom is -0.326 e. The minimum atomic E-state index is -0.0705. The zero-order valence-electron chi connectivity index (χ0n) is 7.16. The first-order valence-corrected chi connectivity index (χ1v) is 3.96. The van der Waals surface area contributed by atoms with Crippen LogP contribution in [0.25, 0.3) is 10.9 Å². The van der Waals surface area contributed by atoms with Gasteiger partial charge in [0.05, 0.1) is 11.7 Å². The third kappa shape index (κ3) is 1.51. The molecular weight excluding hydrogens is 166 g/mol. The van der Waals surface area contributed by atoms with Gasteiger partial charge in [0.2, 0.25) is 5.91 Å². The molecule has 2 aromatic rings. The molecule has 0 aliphatic heterocycles. The maximum atomic E-state index is 10.8. The highest BCUT2D eigenvalue weighted by atomic mass is 16.1. The van der Waals surface area contributed by atoms with Crippen LogP contribution in [0.4, 0.5) is 5.69 Å². The van der Waals surface area contributed by atoms with E-state index in [0.717, 1.165) is 16.6 Å². The van der Waals surface area contributed by atoms with E-state index in [0.29, 0.717) is 0 Å². The summed E-state index contributed by atoms with van der Waals surface area (Å²) in [6, 6.07) is 5.60. The molecule has 1 aromatic carbocycles. The van der Waals surface area contributed by atoms with Gasteiger partial charge in [-0.3, -0.25) is 9.89 Å². The smallest absolute Gasteiger partial charge is 0.221 e. The Morgan fingerprint density at radius 3 is 3.15 bits per heavy atom. The first kappa shape index (κ1) is 7.79. The monoisotopic (exact) mass is 175 g/mol. The number of aromatic amines is 1. The molecule has 1 amide bonds. The molecule has 1 heterocycles. The van der Waals surface area contributed by atoms with E-state index >= 15 is 0 Å². The van der Waals surface area contributed by atoms with Gasteiger partial charge in [-0.1, -0.05) is 0 Å². The van der Waals surface area contributed by atoms with E-state index in [1.54, 1.807) is 6.20 Å². The number of fused-ring (bicyclic) bond motifs is 1. The Bertz CT molecular complexity index is 447. The summed E-state index contributed by atoms with van der Waals surface area (Å²) in [4.78, 5) is 10.8. The van der Waals surface area contributed by atoms with Crippen molar-refractivity contribution in [2.75, 3.05) is 5.32 Å². The van der Waals surface area contributed by atoms with Gasteiger partial charge >= 0.3 is 0 Å². The summed E-state index contributed by atoms with van der Waals surface area (Å²) >= 11 is 0. The second-order valence-electron chi connectivity index (χ2n) is 2.85. The molecule has 4 heteroatoms. The maximum absolute atomic E-state index is 10.8. The normalized spacial score (nSPS) is 10.2. The van der Waals surface area contributed by atoms with Crippen molar-refractivity contribution in [1.29, 1.82) is 0 Å². The molecule has 13 heavy (non-hydrogen) atoms. The van der Waals surface area contributed by atoms with Gasteiger partial charge in [0.25, 0.3) is 0 Å². The molecule has 0 saturated carbocycles. The Labute approximate surface area is 75.0 Å². The molecule has 0 fully saturated rings. The van der Waals surface area contributed by atoms with Crippen LogP contribution in [0.1, 0.15) is 6.92 Å². The number of nitrogens with one attached hydrogen (secondary N) is 2. The standard InChI is InChI=1S/C9H9N3O/c1-6(13)11-8-3-2-7-5-10-12-9(7)4-8/h2-5H,1H3,(H,10,12)(H,11,13). The molecule has 1 aromatic heterocycles. The predicted molar refractivity (Wildman–Crippen MR) is 50.4 cm³/mol. The predicted octanol–water partition coefficient (Wildman–Crippen LogP) is 1.52. The quantitative estimate of drug-likeness (QED) is 0.690. The highest BCUT2D eigenvalue weighted by molar-refractivity contribution is 5.91. The van der Waals surface area contributed by atoms with Crippen molar-refractivity contribution in [3.05, 3.63) is 24.4 Å². The molecule has 0 aliphatic rings. The minimum absolute atomic E-state index is 0.0705. The van der Waals surface area contributed by atoms with Crippen LogP contribution in [0, 0.1) is 0 Å². The Morgan fingerprint density at radius 1 is 1.54 bits per heavy atom. The number of carbonyl (C=O) groups excluding carboxylic acids is 1. The van der Waals surface area contributed by atoms with Crippen molar-refractivity contribution in [1.82, 2.24) is 10.2 Å². The Morgan fingerprint density at radius 2 is 2.38 bits per heavy atom. The lowest BCUT2D eigenvalue weighted by Crippen LogP contribution is -2.05. The van der Waals surface area contributed by atoms with Gasteiger partial charge in [-0.15, -0.1) is 0 Å². The van der Waals surface area contributed by atoms with Crippen LogP contribution in [-0.2, 0) is 4.79 Å². The summed E-state index contributed by atoms with van der Waals surface area (Å²) in [5.41, 5.74) is 1.70. The number of amides is 1. The third-order valence-corrected chi connectivity index (χ3v) is 1.76. The zero-order chi connectivity index (χ0) is 9.26. The fourth-order valence-corrected chi connectivity index (χ4v) is 1.22. The molecule has 0 saturated heterocycles. The SMILES string of the molecule is CC(=O)Nc1ccc2cn[nH]c2c1. The first-order chi connectivity index (χ1) is 6.25. The third-order valence-electron chi connectivity index (χ3n) is 1.76. The fourth-order valence-electron chi connectivity index (χ4n) is 1.22. The molecule has 0 spiro atoms. The van der Waals surface area contributed by atoms with Gasteiger partial charge < -0.3 is 5.32 Å². The van der Waals surface area contributed by atoms with E-state index in [4.69, 9.17) is 0 Å². The number of carbonyl (C=O) groups is 1. The van der Waals surface area contributed by atoms with Gasteiger partial charge in [0.15, 0.2) is 0 Å². The summed E-state index contributed by atoms with van der Waals surface area (Å²) in [5, 5.41) is 10.5. The van der Waals surface area contributed by atoms with E-state index < -0.39 is 0 Å². The highest BCUT2D eigenvalue weighted by Gasteiger charge is 1.98. The number of rotatable bonds is 1. The van der Waals surface area contributed by atoms with E-state index in [2.05, 4.69) is 15.5 Å². The Kier molecular flexibility index (Phi) is 1.73. The van der Waals surface area contributed by atoms with Crippen LogP contribution >= 0.6 is 0 Å². The van der Waals surface area contributed by atoms with Gasteiger partial charge in [-0.2, -0.15) is 5.10 Å². The topological polar surface area (TPSA) is 57.8 Å². The van der Waals surface area contributed by atoms with E-state index in [-0.39, 0.29) is 5.91 Å². The lowest BCUT2D eigenvalue weighted by atomic mass is 10.2. The fraction of sp³-hybridized carbons (Fsp3) is 0.111. The number of aromatic nitrogens is 2. The second kappa shape index (κ2) is 2.90. The molecule has 0 aliphatic carbocycles. The lowest BCUT2D eigenvalue weighted by Gasteiger charge is -2.00. The van der Waals surface area contributed by atoms with Crippen molar-refractivity contribution in [2.24, 2.45) is 0 Å². The van der Waals surface area contributed by atoms with Crippen LogP contribution in [0.5, 0.6) is 0 Å². The van der Waals surface area contributed by atoms with Crippen molar-refractivity contribution >= 4 is 22.5 Å². The summed E-state index contributed by atoms with van der Waals surface area (Å²) in [6.07, 6.45) is 1.74. The van der Waals surface area contributed by atoms with Crippen molar-refractivity contribution in [3.63, 3.8) is 0 Å². The zero-order valence-corrected chi connectivity index (χ0v) is 7.16. The van der Waals surface area contributed by atoms with E-state index in [1.165, 1.54) is 6.92 Å². The molecule has 0 radical (unpaired) electrons. The Balaban J connectivity index is 2.42. The van der Waals surface area contributed by atoms with Crippen LogP contribution in [0.15, 0.2) is 24.4 Å². The molecule has 2 rings (SSSR count). The summed E-state index contributed by atoms with van der Waals surface area (Å²) in [5.74, 6) is -0.0705. The largest absolute Gasteiger partial charge is 0.326 e. The average Bonchev–Trinajstić information content (AvgIpc) is 2.49. The van der Waals surface area contributed by atoms with Crippen molar-refractivity contribution < 1.29 is 4.79 Å². The van der Waals surface area contributed by atoms with Crippen molar-refractivity contribution in [2.45, 2.75) is 6.92 Å². The number of anilines is 1. The summed E-state index contributed by atoms with van der Waals surface area (Å²) in [7, 11) is 0. The number of hydrogen-bond donors (Lipinski definition) is 2. The highest BCUT2D eigenvalue weighted by Crippen LogP contribution is 2.16. The van der Waals surface area contributed by atoms with Gasteiger partial charge in [0, 0.05) is 18.0 Å². The molecule has 2 N–H and O–H groups in total. The van der Waals surface area contributed by atoms with Crippen LogP contribution in [0.2, 0.25) is 0 Å². The second-order valence-corrected chi connectivity index (χ2v) is 2.85. The summed E-state index contributed by atoms with van der Waals surface area (Å²) in [6.45, 7) is 1.48. The number of hydrogen-bond acceptors (Lipinski definition) is 2. The molecule has 0 unspecified atom stereocenters. The van der Waals surface area contributed by atoms with Crippen molar-refractivity contribution in [3.8, 4) is 0 Å².